The molecule has 0 aliphatic carbocycles. The summed E-state index contributed by atoms with van der Waals surface area (Å²) >= 11 is 1.24. The molecule has 13 heteroatoms. The number of para-hydroxylation sites is 1. The summed E-state index contributed by atoms with van der Waals surface area (Å²) in [6.45, 7) is 6.96. The number of methoxy groups -OCH3 is 1. The molecular formula is C29H34N4O8S. The molecule has 1 aliphatic rings. The second-order valence-corrected chi connectivity index (χ2v) is 11.5. The van der Waals surface area contributed by atoms with Gasteiger partial charge in [-0.3, -0.25) is 19.3 Å². The number of anilines is 1. The van der Waals surface area contributed by atoms with Gasteiger partial charge in [0.2, 0.25) is 18.2 Å². The van der Waals surface area contributed by atoms with Crippen LogP contribution in [0.1, 0.15) is 48.4 Å². The Labute approximate surface area is 247 Å². The van der Waals surface area contributed by atoms with E-state index in [2.05, 4.69) is 4.98 Å². The van der Waals surface area contributed by atoms with Crippen molar-refractivity contribution in [1.29, 1.82) is 0 Å². The fourth-order valence-electron chi connectivity index (χ4n) is 4.71. The average Bonchev–Trinajstić information content (AvgIpc) is 3.57. The Morgan fingerprint density at radius 3 is 2.55 bits per heavy atom. The van der Waals surface area contributed by atoms with Gasteiger partial charge in [-0.15, -0.1) is 11.3 Å². The lowest BCUT2D eigenvalue weighted by atomic mass is 10.0. The molecule has 0 bridgehead atoms. The standard InChI is InChI=1S/C29H34N4O8S/c1-17-23(26(36)33(16-34)29(3,4)28(37)38)27(42-24(17)25-30-11-12-40-25)31(5)15-22(20-9-7-8-10-21(20)39-6)41-19-13-32(14-19)18(2)35/h7-12,16,19,22H,13-15H2,1-6H3,(H,37,38). The van der Waals surface area contributed by atoms with E-state index >= 15 is 0 Å². The zero-order valence-electron chi connectivity index (χ0n) is 24.3. The number of likely N-dealkylation sites (N-methyl/N-ethyl adjacent to an activating group) is 1. The number of benzene rings is 1. The third-order valence-corrected chi connectivity index (χ3v) is 8.73. The fraction of sp³-hybridized carbons (Fsp3) is 0.414. The number of aliphatic carboxylic acids is 1. The van der Waals surface area contributed by atoms with Crippen LogP contribution in [0.2, 0.25) is 0 Å². The normalized spacial score (nSPS) is 14.2. The van der Waals surface area contributed by atoms with Crippen LogP contribution in [0.4, 0.5) is 5.00 Å². The van der Waals surface area contributed by atoms with Gasteiger partial charge in [-0.2, -0.15) is 0 Å². The van der Waals surface area contributed by atoms with Crippen LogP contribution in [0.3, 0.4) is 0 Å². The fourth-order valence-corrected chi connectivity index (χ4v) is 5.92. The molecule has 42 heavy (non-hydrogen) atoms. The van der Waals surface area contributed by atoms with Crippen LogP contribution in [0.25, 0.3) is 10.8 Å². The number of hydrogen-bond donors (Lipinski definition) is 1. The predicted molar refractivity (Wildman–Crippen MR) is 155 cm³/mol. The molecule has 224 valence electrons. The largest absolute Gasteiger partial charge is 0.496 e. The maximum absolute atomic E-state index is 13.9. The Kier molecular flexibility index (Phi) is 9.02. The Balaban J connectivity index is 1.75. The van der Waals surface area contributed by atoms with Gasteiger partial charge in [0, 0.05) is 39.2 Å². The van der Waals surface area contributed by atoms with Crippen LogP contribution in [-0.4, -0.2) is 89.5 Å². The molecule has 4 rings (SSSR count). The van der Waals surface area contributed by atoms with E-state index in [1.54, 1.807) is 26.0 Å². The van der Waals surface area contributed by atoms with Crippen molar-refractivity contribution < 1.29 is 38.2 Å². The van der Waals surface area contributed by atoms with Crippen LogP contribution in [0, 0.1) is 6.92 Å². The molecule has 1 aliphatic heterocycles. The van der Waals surface area contributed by atoms with Gasteiger partial charge in [0.05, 0.1) is 29.9 Å². The molecule has 0 spiro atoms. The number of likely N-dealkylation sites (tertiary alicyclic amines) is 1. The molecule has 1 aromatic carbocycles. The first-order chi connectivity index (χ1) is 19.9. The summed E-state index contributed by atoms with van der Waals surface area (Å²) in [4.78, 5) is 58.7. The Morgan fingerprint density at radius 2 is 1.98 bits per heavy atom. The van der Waals surface area contributed by atoms with Crippen LogP contribution >= 0.6 is 11.3 Å². The maximum atomic E-state index is 13.9. The highest BCUT2D eigenvalue weighted by Gasteiger charge is 2.41. The number of nitrogens with zero attached hydrogens (tertiary/aromatic N) is 4. The van der Waals surface area contributed by atoms with Crippen molar-refractivity contribution in [3.63, 3.8) is 0 Å². The number of aromatic nitrogens is 1. The highest BCUT2D eigenvalue weighted by molar-refractivity contribution is 7.20. The number of amides is 3. The van der Waals surface area contributed by atoms with Crippen LogP contribution in [0.5, 0.6) is 5.75 Å². The lowest BCUT2D eigenvalue weighted by molar-refractivity contribution is -0.150. The molecule has 1 unspecified atom stereocenters. The van der Waals surface area contributed by atoms with Gasteiger partial charge in [0.25, 0.3) is 5.91 Å². The van der Waals surface area contributed by atoms with Crippen molar-refractivity contribution in [2.45, 2.75) is 45.4 Å². The van der Waals surface area contributed by atoms with Crippen molar-refractivity contribution in [2.24, 2.45) is 0 Å². The smallest absolute Gasteiger partial charge is 0.329 e. The maximum Gasteiger partial charge on any atom is 0.329 e. The minimum absolute atomic E-state index is 0.0268. The number of thiophene rings is 1. The zero-order chi connectivity index (χ0) is 30.8. The highest BCUT2D eigenvalue weighted by atomic mass is 32.1. The van der Waals surface area contributed by atoms with Crippen molar-refractivity contribution >= 4 is 40.5 Å². The van der Waals surface area contributed by atoms with Crippen LogP contribution in [0.15, 0.2) is 41.1 Å². The molecule has 0 saturated carbocycles. The molecule has 3 amide bonds. The van der Waals surface area contributed by atoms with E-state index in [-0.39, 0.29) is 36.4 Å². The molecule has 3 aromatic rings. The van der Waals surface area contributed by atoms with E-state index in [0.29, 0.717) is 39.2 Å². The van der Waals surface area contributed by atoms with E-state index in [4.69, 9.17) is 13.9 Å². The minimum Gasteiger partial charge on any atom is -0.496 e. The highest BCUT2D eigenvalue weighted by Crippen LogP contribution is 2.43. The summed E-state index contributed by atoms with van der Waals surface area (Å²) in [5, 5.41) is 10.2. The van der Waals surface area contributed by atoms with Crippen molar-refractivity contribution in [3.05, 3.63) is 53.4 Å². The molecule has 1 fully saturated rings. The monoisotopic (exact) mass is 598 g/mol. The molecule has 1 N–H and O–H groups in total. The van der Waals surface area contributed by atoms with Crippen LogP contribution in [-0.2, 0) is 19.1 Å². The SMILES string of the molecule is COc1ccccc1C(CN(C)c1sc(-c2ncco2)c(C)c1C(=O)N(C=O)C(C)(C)C(=O)O)OC1CN(C(C)=O)C1. The van der Waals surface area contributed by atoms with Gasteiger partial charge in [-0.25, -0.2) is 9.78 Å². The summed E-state index contributed by atoms with van der Waals surface area (Å²) in [5.74, 6) is -1.22. The first-order valence-corrected chi connectivity index (χ1v) is 14.0. The zero-order valence-corrected chi connectivity index (χ0v) is 25.1. The molecule has 3 heterocycles. The van der Waals surface area contributed by atoms with Gasteiger partial charge in [-0.05, 0) is 32.4 Å². The first-order valence-electron chi connectivity index (χ1n) is 13.2. The molecule has 1 saturated heterocycles. The number of oxazole rings is 1. The molecule has 0 radical (unpaired) electrons. The van der Waals surface area contributed by atoms with Gasteiger partial charge < -0.3 is 28.8 Å². The Morgan fingerprint density at radius 1 is 1.29 bits per heavy atom. The summed E-state index contributed by atoms with van der Waals surface area (Å²) in [6, 6.07) is 7.45. The number of carbonyl (C=O) groups is 4. The number of rotatable bonds is 12. The number of imide groups is 1. The lowest BCUT2D eigenvalue weighted by Gasteiger charge is -2.41. The Bertz CT molecular complexity index is 1460. The predicted octanol–water partition coefficient (Wildman–Crippen LogP) is 3.61. The number of carboxylic acids is 1. The first kappa shape index (κ1) is 30.7. The van der Waals surface area contributed by atoms with Gasteiger partial charge in [0.1, 0.15) is 28.7 Å². The van der Waals surface area contributed by atoms with Gasteiger partial charge >= 0.3 is 5.97 Å². The van der Waals surface area contributed by atoms with E-state index < -0.39 is 23.5 Å². The molecule has 2 aromatic heterocycles. The summed E-state index contributed by atoms with van der Waals surface area (Å²) in [5.41, 5.74) is -0.374. The lowest BCUT2D eigenvalue weighted by Crippen LogP contribution is -2.54. The third kappa shape index (κ3) is 5.88. The van der Waals surface area contributed by atoms with Crippen molar-refractivity contribution in [3.8, 4) is 16.5 Å². The van der Waals surface area contributed by atoms with E-state index in [0.717, 1.165) is 5.56 Å². The summed E-state index contributed by atoms with van der Waals surface area (Å²) in [6.07, 6.45) is 2.41. The number of carbonyl (C=O) groups excluding carboxylic acids is 3. The topological polar surface area (TPSA) is 143 Å². The van der Waals surface area contributed by atoms with Gasteiger partial charge in [0.15, 0.2) is 0 Å². The second-order valence-electron chi connectivity index (χ2n) is 10.5. The number of carboxylic acid groups (broad SMARTS) is 1. The van der Waals surface area contributed by atoms with Crippen LogP contribution < -0.4 is 9.64 Å². The molecule has 12 nitrogen and oxygen atoms in total. The van der Waals surface area contributed by atoms with Gasteiger partial charge in [-0.1, -0.05) is 18.2 Å². The molecular weight excluding hydrogens is 564 g/mol. The average molecular weight is 599 g/mol. The Hall–Kier alpha value is -4.23. The number of ether oxygens (including phenoxy) is 2. The molecule has 1 atom stereocenters. The van der Waals surface area contributed by atoms with E-state index in [1.165, 1.54) is 44.6 Å². The van der Waals surface area contributed by atoms with Crippen molar-refractivity contribution in [2.75, 3.05) is 38.7 Å². The van der Waals surface area contributed by atoms with Crippen molar-refractivity contribution in [1.82, 2.24) is 14.8 Å². The second kappa shape index (κ2) is 12.3. The van der Waals surface area contributed by atoms with E-state index in [1.807, 2.05) is 29.2 Å². The minimum atomic E-state index is -1.80. The van der Waals surface area contributed by atoms with E-state index in [9.17, 15) is 24.3 Å². The summed E-state index contributed by atoms with van der Waals surface area (Å²) < 4.78 is 17.6. The number of hydrogen-bond acceptors (Lipinski definition) is 10. The third-order valence-electron chi connectivity index (χ3n) is 7.34. The quantitative estimate of drug-likeness (QED) is 0.307. The summed E-state index contributed by atoms with van der Waals surface area (Å²) in [7, 11) is 3.35.